The van der Waals surface area contributed by atoms with Crippen molar-refractivity contribution in [3.05, 3.63) is 52.8 Å². The summed E-state index contributed by atoms with van der Waals surface area (Å²) in [5.41, 5.74) is 0.900. The van der Waals surface area contributed by atoms with Crippen LogP contribution in [0.25, 0.3) is 0 Å². The number of hydrogen-bond acceptors (Lipinski definition) is 4. The molecule has 0 atom stereocenters. The van der Waals surface area contributed by atoms with E-state index in [1.54, 1.807) is 12.1 Å². The van der Waals surface area contributed by atoms with Crippen molar-refractivity contribution in [2.75, 3.05) is 37.4 Å². The number of benzene rings is 2. The first-order valence-corrected chi connectivity index (χ1v) is 9.23. The van der Waals surface area contributed by atoms with Crippen LogP contribution in [0.1, 0.15) is 23.2 Å². The summed E-state index contributed by atoms with van der Waals surface area (Å²) in [4.78, 5) is 16.6. The smallest absolute Gasteiger partial charge is 0.259 e. The van der Waals surface area contributed by atoms with Crippen molar-refractivity contribution in [1.29, 1.82) is 0 Å². The van der Waals surface area contributed by atoms with Gasteiger partial charge >= 0.3 is 0 Å². The molecule has 0 aromatic heterocycles. The fourth-order valence-electron chi connectivity index (χ4n) is 3.35. The molecule has 3 rings (SSSR count). The molecular weight excluding hydrogens is 404 g/mol. The number of phenolic OH excluding ortho intramolecular Hbond substituents is 1. The molecule has 1 heterocycles. The Hall–Kier alpha value is -2.02. The third kappa shape index (κ3) is 5.07. The normalized spacial score (nSPS) is 14.7. The molecular formula is C20H24Cl2FN3O2. The summed E-state index contributed by atoms with van der Waals surface area (Å²) < 4.78 is 14.6. The van der Waals surface area contributed by atoms with Gasteiger partial charge in [-0.3, -0.25) is 4.79 Å². The Morgan fingerprint density at radius 2 is 1.89 bits per heavy atom. The SMILES string of the molecule is CN(C)C1CCN(c2ccc(NC(=O)c3cc(Cl)ccc3O)cc2F)CC1.Cl. The van der Waals surface area contributed by atoms with Crippen molar-refractivity contribution < 1.29 is 14.3 Å². The molecule has 0 radical (unpaired) electrons. The lowest BCUT2D eigenvalue weighted by atomic mass is 10.0. The van der Waals surface area contributed by atoms with Crippen LogP contribution in [0.4, 0.5) is 15.8 Å². The predicted octanol–water partition coefficient (Wildman–Crippen LogP) is 4.39. The number of carbonyl (C=O) groups is 1. The Morgan fingerprint density at radius 3 is 2.50 bits per heavy atom. The molecule has 0 aliphatic carbocycles. The van der Waals surface area contributed by atoms with E-state index in [9.17, 15) is 14.3 Å². The van der Waals surface area contributed by atoms with E-state index in [4.69, 9.17) is 11.6 Å². The summed E-state index contributed by atoms with van der Waals surface area (Å²) >= 11 is 5.87. The number of rotatable bonds is 4. The Bertz CT molecular complexity index is 840. The lowest BCUT2D eigenvalue weighted by molar-refractivity contribution is 0.102. The molecule has 0 spiro atoms. The number of carbonyl (C=O) groups excluding carboxylic acids is 1. The van der Waals surface area contributed by atoms with Crippen LogP contribution < -0.4 is 10.2 Å². The van der Waals surface area contributed by atoms with Gasteiger partial charge in [-0.05, 0) is 63.3 Å². The van der Waals surface area contributed by atoms with Gasteiger partial charge in [0.05, 0.1) is 11.3 Å². The Kier molecular flexibility index (Phi) is 7.52. The standard InChI is InChI=1S/C20H23ClFN3O2.ClH/c1-24(2)15-7-9-25(10-8-15)18-5-4-14(12-17(18)22)23-20(27)16-11-13(21)3-6-19(16)26;/h3-6,11-12,15,26H,7-10H2,1-2H3,(H,23,27);1H. The van der Waals surface area contributed by atoms with Crippen LogP contribution in [0, 0.1) is 5.82 Å². The molecule has 28 heavy (non-hydrogen) atoms. The first-order chi connectivity index (χ1) is 12.8. The van der Waals surface area contributed by atoms with E-state index >= 15 is 0 Å². The van der Waals surface area contributed by atoms with Gasteiger partial charge in [0.1, 0.15) is 11.6 Å². The Morgan fingerprint density at radius 1 is 1.21 bits per heavy atom. The van der Waals surface area contributed by atoms with Crippen LogP contribution in [-0.4, -0.2) is 49.1 Å². The minimum atomic E-state index is -0.547. The van der Waals surface area contributed by atoms with Crippen LogP contribution in [-0.2, 0) is 0 Å². The molecule has 1 saturated heterocycles. The quantitative estimate of drug-likeness (QED) is 0.759. The average Bonchev–Trinajstić information content (AvgIpc) is 2.64. The number of hydrogen-bond donors (Lipinski definition) is 2. The molecule has 1 aliphatic rings. The fourth-order valence-corrected chi connectivity index (χ4v) is 3.52. The number of nitrogens with zero attached hydrogens (tertiary/aromatic N) is 2. The summed E-state index contributed by atoms with van der Waals surface area (Å²) in [5, 5.41) is 12.7. The monoisotopic (exact) mass is 427 g/mol. The average molecular weight is 428 g/mol. The zero-order chi connectivity index (χ0) is 19.6. The largest absolute Gasteiger partial charge is 0.507 e. The maximum atomic E-state index is 14.6. The lowest BCUT2D eigenvalue weighted by Gasteiger charge is -2.36. The molecule has 0 bridgehead atoms. The summed E-state index contributed by atoms with van der Waals surface area (Å²) in [7, 11) is 4.13. The van der Waals surface area contributed by atoms with Gasteiger partial charge in [0.2, 0.25) is 0 Å². The second kappa shape index (κ2) is 9.45. The zero-order valence-corrected chi connectivity index (χ0v) is 17.4. The van der Waals surface area contributed by atoms with Crippen LogP contribution >= 0.6 is 24.0 Å². The molecule has 152 valence electrons. The first-order valence-electron chi connectivity index (χ1n) is 8.86. The van der Waals surface area contributed by atoms with E-state index in [1.807, 2.05) is 4.90 Å². The van der Waals surface area contributed by atoms with Gasteiger partial charge in [-0.25, -0.2) is 4.39 Å². The van der Waals surface area contributed by atoms with Crippen LogP contribution in [0.5, 0.6) is 5.75 Å². The van der Waals surface area contributed by atoms with Crippen molar-refractivity contribution >= 4 is 41.3 Å². The van der Waals surface area contributed by atoms with E-state index in [-0.39, 0.29) is 29.5 Å². The van der Waals surface area contributed by atoms with E-state index in [2.05, 4.69) is 24.3 Å². The van der Waals surface area contributed by atoms with Crippen molar-refractivity contribution in [2.24, 2.45) is 0 Å². The summed E-state index contributed by atoms with van der Waals surface area (Å²) in [6.07, 6.45) is 1.97. The van der Waals surface area contributed by atoms with Gasteiger partial charge in [-0.15, -0.1) is 12.4 Å². The van der Waals surface area contributed by atoms with Crippen LogP contribution in [0.3, 0.4) is 0 Å². The maximum absolute atomic E-state index is 14.6. The third-order valence-corrected chi connectivity index (χ3v) is 5.18. The summed E-state index contributed by atoms with van der Waals surface area (Å²) in [5.74, 6) is -1.11. The van der Waals surface area contributed by atoms with Crippen molar-refractivity contribution in [1.82, 2.24) is 4.90 Å². The highest BCUT2D eigenvalue weighted by molar-refractivity contribution is 6.31. The van der Waals surface area contributed by atoms with E-state index in [1.165, 1.54) is 24.3 Å². The maximum Gasteiger partial charge on any atom is 0.259 e. The molecule has 2 aromatic rings. The molecule has 1 aliphatic heterocycles. The summed E-state index contributed by atoms with van der Waals surface area (Å²) in [6, 6.07) is 9.36. The van der Waals surface area contributed by atoms with Crippen molar-refractivity contribution in [3.8, 4) is 5.75 Å². The number of halogens is 3. The van der Waals surface area contributed by atoms with Gasteiger partial charge in [-0.1, -0.05) is 11.6 Å². The van der Waals surface area contributed by atoms with Crippen molar-refractivity contribution in [3.63, 3.8) is 0 Å². The Labute approximate surface area is 175 Å². The topological polar surface area (TPSA) is 55.8 Å². The molecule has 1 amide bonds. The highest BCUT2D eigenvalue weighted by Crippen LogP contribution is 2.28. The molecule has 2 aromatic carbocycles. The van der Waals surface area contributed by atoms with Gasteiger partial charge in [0.25, 0.3) is 5.91 Å². The second-order valence-electron chi connectivity index (χ2n) is 6.96. The minimum Gasteiger partial charge on any atom is -0.507 e. The number of nitrogens with one attached hydrogen (secondary N) is 1. The van der Waals surface area contributed by atoms with Crippen LogP contribution in [0.15, 0.2) is 36.4 Å². The highest BCUT2D eigenvalue weighted by Gasteiger charge is 2.22. The van der Waals surface area contributed by atoms with E-state index in [0.717, 1.165) is 25.9 Å². The van der Waals surface area contributed by atoms with Gasteiger partial charge in [0, 0.05) is 29.8 Å². The minimum absolute atomic E-state index is 0. The predicted molar refractivity (Wildman–Crippen MR) is 114 cm³/mol. The number of phenols is 1. The number of amides is 1. The summed E-state index contributed by atoms with van der Waals surface area (Å²) in [6.45, 7) is 1.59. The van der Waals surface area contributed by atoms with Crippen LogP contribution in [0.2, 0.25) is 5.02 Å². The van der Waals surface area contributed by atoms with Crippen molar-refractivity contribution in [2.45, 2.75) is 18.9 Å². The third-order valence-electron chi connectivity index (χ3n) is 4.94. The number of aromatic hydroxyl groups is 1. The zero-order valence-electron chi connectivity index (χ0n) is 15.8. The van der Waals surface area contributed by atoms with Gasteiger partial charge in [0.15, 0.2) is 0 Å². The second-order valence-corrected chi connectivity index (χ2v) is 7.40. The molecule has 0 saturated carbocycles. The molecule has 0 unspecified atom stereocenters. The van der Waals surface area contributed by atoms with E-state index < -0.39 is 5.91 Å². The molecule has 5 nitrogen and oxygen atoms in total. The van der Waals surface area contributed by atoms with Gasteiger partial charge < -0.3 is 20.2 Å². The molecule has 2 N–H and O–H groups in total. The van der Waals surface area contributed by atoms with E-state index in [0.29, 0.717) is 22.4 Å². The fraction of sp³-hybridized carbons (Fsp3) is 0.350. The lowest BCUT2D eigenvalue weighted by Crippen LogP contribution is -2.42. The molecule has 8 heteroatoms. The number of piperidine rings is 1. The number of anilines is 2. The van der Waals surface area contributed by atoms with Gasteiger partial charge in [-0.2, -0.15) is 0 Å². The highest BCUT2D eigenvalue weighted by atomic mass is 35.5. The Balaban J connectivity index is 0.00000280. The molecule has 1 fully saturated rings. The first kappa shape index (κ1) is 22.3.